The highest BCUT2D eigenvalue weighted by molar-refractivity contribution is 6.31. The largest absolute Gasteiger partial charge is 0.381 e. The van der Waals surface area contributed by atoms with Crippen molar-refractivity contribution in [3.8, 4) is 0 Å². The molecule has 1 unspecified atom stereocenters. The van der Waals surface area contributed by atoms with Crippen LogP contribution in [0.4, 0.5) is 0 Å². The molecule has 0 amide bonds. The topological polar surface area (TPSA) is 49.3 Å². The highest BCUT2D eigenvalue weighted by atomic mass is 35.5. The fourth-order valence-corrected chi connectivity index (χ4v) is 5.29. The molecule has 0 bridgehead atoms. The molecule has 3 heterocycles. The number of likely N-dealkylation sites (tertiary alicyclic amines) is 1. The van der Waals surface area contributed by atoms with Crippen LogP contribution in [0, 0.1) is 0 Å². The number of ether oxygens (including phenoxy) is 2. The van der Waals surface area contributed by atoms with Gasteiger partial charge in [-0.1, -0.05) is 29.8 Å². The molecule has 6 nitrogen and oxygen atoms in total. The normalized spacial score (nSPS) is 25.9. The summed E-state index contributed by atoms with van der Waals surface area (Å²) in [6, 6.07) is 8.85. The molecule has 0 aliphatic carbocycles. The zero-order chi connectivity index (χ0) is 20.1. The number of benzene rings is 1. The summed E-state index contributed by atoms with van der Waals surface area (Å²) in [5, 5.41) is 4.54. The maximum Gasteiger partial charge on any atom is 0.193 e. The molecule has 1 aromatic carbocycles. The lowest BCUT2D eigenvalue weighted by Crippen LogP contribution is -2.50. The van der Waals surface area contributed by atoms with E-state index in [4.69, 9.17) is 21.1 Å². The van der Waals surface area contributed by atoms with Gasteiger partial charge in [0.1, 0.15) is 0 Å². The Morgan fingerprint density at radius 3 is 2.59 bits per heavy atom. The standard InChI is InChI=1S/C22H33ClN4O2/c1-24-21(27-9-6-18(16-27)26-10-14-29-15-11-26)25-17-22(7-12-28-13-8-22)19-4-2-3-5-20(19)23/h2-5,18H,6-17H2,1H3,(H,24,25). The lowest BCUT2D eigenvalue weighted by molar-refractivity contribution is 0.0194. The first-order chi connectivity index (χ1) is 14.2. The zero-order valence-electron chi connectivity index (χ0n) is 17.4. The van der Waals surface area contributed by atoms with Crippen molar-refractivity contribution < 1.29 is 9.47 Å². The number of hydrogen-bond acceptors (Lipinski definition) is 4. The van der Waals surface area contributed by atoms with E-state index in [1.54, 1.807) is 0 Å². The van der Waals surface area contributed by atoms with E-state index in [-0.39, 0.29) is 5.41 Å². The molecule has 3 aliphatic heterocycles. The first-order valence-electron chi connectivity index (χ1n) is 10.8. The van der Waals surface area contributed by atoms with Gasteiger partial charge in [-0.15, -0.1) is 0 Å². The molecule has 0 radical (unpaired) electrons. The first-order valence-corrected chi connectivity index (χ1v) is 11.2. The molecule has 4 rings (SSSR count). The van der Waals surface area contributed by atoms with Gasteiger partial charge in [0, 0.05) is 69.5 Å². The van der Waals surface area contributed by atoms with Crippen molar-refractivity contribution in [2.45, 2.75) is 30.7 Å². The highest BCUT2D eigenvalue weighted by Crippen LogP contribution is 2.38. The third-order valence-electron chi connectivity index (χ3n) is 6.72. The van der Waals surface area contributed by atoms with Gasteiger partial charge in [0.05, 0.1) is 13.2 Å². The Hall–Kier alpha value is -1.34. The summed E-state index contributed by atoms with van der Waals surface area (Å²) in [6.07, 6.45) is 3.12. The van der Waals surface area contributed by atoms with E-state index >= 15 is 0 Å². The fraction of sp³-hybridized carbons (Fsp3) is 0.682. The van der Waals surface area contributed by atoms with Crippen LogP contribution in [0.2, 0.25) is 5.02 Å². The van der Waals surface area contributed by atoms with Crippen molar-refractivity contribution in [3.05, 3.63) is 34.9 Å². The quantitative estimate of drug-likeness (QED) is 0.598. The fourth-order valence-electron chi connectivity index (χ4n) is 4.95. The Bertz CT molecular complexity index is 702. The lowest BCUT2D eigenvalue weighted by atomic mass is 9.74. The van der Waals surface area contributed by atoms with Gasteiger partial charge in [0.15, 0.2) is 5.96 Å². The van der Waals surface area contributed by atoms with Crippen LogP contribution >= 0.6 is 11.6 Å². The molecular weight excluding hydrogens is 388 g/mol. The zero-order valence-corrected chi connectivity index (χ0v) is 18.2. The van der Waals surface area contributed by atoms with E-state index in [2.05, 4.69) is 32.2 Å². The van der Waals surface area contributed by atoms with Gasteiger partial charge in [-0.25, -0.2) is 0 Å². The Balaban J connectivity index is 1.42. The second kappa shape index (κ2) is 9.65. The minimum absolute atomic E-state index is 0.0180. The summed E-state index contributed by atoms with van der Waals surface area (Å²) in [5.41, 5.74) is 1.20. The molecule has 1 N–H and O–H groups in total. The van der Waals surface area contributed by atoms with E-state index in [0.717, 1.165) is 83.0 Å². The summed E-state index contributed by atoms with van der Waals surface area (Å²) in [4.78, 5) is 9.58. The lowest BCUT2D eigenvalue weighted by Gasteiger charge is -2.39. The summed E-state index contributed by atoms with van der Waals surface area (Å²) in [6.45, 7) is 8.23. The second-order valence-corrected chi connectivity index (χ2v) is 8.72. The Morgan fingerprint density at radius 2 is 1.86 bits per heavy atom. The smallest absolute Gasteiger partial charge is 0.193 e. The summed E-state index contributed by atoms with van der Waals surface area (Å²) in [5.74, 6) is 0.999. The summed E-state index contributed by atoms with van der Waals surface area (Å²) >= 11 is 6.60. The number of guanidine groups is 1. The summed E-state index contributed by atoms with van der Waals surface area (Å²) in [7, 11) is 1.89. The van der Waals surface area contributed by atoms with Gasteiger partial charge < -0.3 is 19.7 Å². The van der Waals surface area contributed by atoms with Crippen LogP contribution < -0.4 is 5.32 Å². The van der Waals surface area contributed by atoms with Gasteiger partial charge in [-0.3, -0.25) is 9.89 Å². The molecule has 1 atom stereocenters. The van der Waals surface area contributed by atoms with E-state index in [1.165, 1.54) is 12.0 Å². The van der Waals surface area contributed by atoms with Crippen molar-refractivity contribution in [2.24, 2.45) is 4.99 Å². The number of morpholine rings is 1. The number of rotatable bonds is 4. The molecule has 0 saturated carbocycles. The molecule has 7 heteroatoms. The highest BCUT2D eigenvalue weighted by Gasteiger charge is 2.37. The minimum atomic E-state index is -0.0180. The minimum Gasteiger partial charge on any atom is -0.381 e. The van der Waals surface area contributed by atoms with Gasteiger partial charge >= 0.3 is 0 Å². The molecule has 3 aliphatic rings. The monoisotopic (exact) mass is 420 g/mol. The Kier molecular flexibility index (Phi) is 6.96. The average molecular weight is 421 g/mol. The van der Waals surface area contributed by atoms with E-state index < -0.39 is 0 Å². The molecule has 3 saturated heterocycles. The van der Waals surface area contributed by atoms with Crippen molar-refractivity contribution in [1.82, 2.24) is 15.1 Å². The first kappa shape index (κ1) is 20.9. The van der Waals surface area contributed by atoms with Crippen LogP contribution in [-0.2, 0) is 14.9 Å². The van der Waals surface area contributed by atoms with Crippen LogP contribution in [0.1, 0.15) is 24.8 Å². The van der Waals surface area contributed by atoms with Crippen molar-refractivity contribution >= 4 is 17.6 Å². The third kappa shape index (κ3) is 4.71. The van der Waals surface area contributed by atoms with Crippen molar-refractivity contribution in [3.63, 3.8) is 0 Å². The molecule has 29 heavy (non-hydrogen) atoms. The Labute approximate surface area is 179 Å². The van der Waals surface area contributed by atoms with Crippen LogP contribution in [0.25, 0.3) is 0 Å². The molecule has 3 fully saturated rings. The molecule has 0 aromatic heterocycles. The number of aliphatic imine (C=N–C) groups is 1. The van der Waals surface area contributed by atoms with Crippen LogP contribution in [0.15, 0.2) is 29.3 Å². The number of hydrogen-bond donors (Lipinski definition) is 1. The molecule has 0 spiro atoms. The number of halogens is 1. The SMILES string of the molecule is CN=C(NCC1(c2ccccc2Cl)CCOCC1)N1CCC(N2CCOCC2)C1. The van der Waals surface area contributed by atoms with Gasteiger partial charge in [-0.05, 0) is 30.9 Å². The Morgan fingerprint density at radius 1 is 1.14 bits per heavy atom. The van der Waals surface area contributed by atoms with Crippen LogP contribution in [0.5, 0.6) is 0 Å². The maximum absolute atomic E-state index is 6.60. The predicted octanol–water partition coefficient (Wildman–Crippen LogP) is 2.37. The van der Waals surface area contributed by atoms with Gasteiger partial charge in [0.25, 0.3) is 0 Å². The van der Waals surface area contributed by atoms with Crippen LogP contribution in [0.3, 0.4) is 0 Å². The molecular formula is C22H33ClN4O2. The second-order valence-electron chi connectivity index (χ2n) is 8.31. The van der Waals surface area contributed by atoms with Crippen molar-refractivity contribution in [1.29, 1.82) is 0 Å². The maximum atomic E-state index is 6.60. The predicted molar refractivity (Wildman–Crippen MR) is 117 cm³/mol. The summed E-state index contributed by atoms with van der Waals surface area (Å²) < 4.78 is 11.2. The molecule has 160 valence electrons. The van der Waals surface area contributed by atoms with Crippen LogP contribution in [-0.4, -0.2) is 88.0 Å². The van der Waals surface area contributed by atoms with Gasteiger partial charge in [-0.2, -0.15) is 0 Å². The van der Waals surface area contributed by atoms with Gasteiger partial charge in [0.2, 0.25) is 0 Å². The van der Waals surface area contributed by atoms with E-state index in [1.807, 2.05) is 19.2 Å². The van der Waals surface area contributed by atoms with E-state index in [0.29, 0.717) is 6.04 Å². The number of nitrogens with zero attached hydrogens (tertiary/aromatic N) is 3. The van der Waals surface area contributed by atoms with Crippen molar-refractivity contribution in [2.75, 3.05) is 66.2 Å². The van der Waals surface area contributed by atoms with E-state index in [9.17, 15) is 0 Å². The third-order valence-corrected chi connectivity index (χ3v) is 7.05. The molecule has 1 aromatic rings. The average Bonchev–Trinajstić information content (AvgIpc) is 3.26. The number of nitrogens with one attached hydrogen (secondary N) is 1.